The van der Waals surface area contributed by atoms with E-state index in [2.05, 4.69) is 0 Å². The molecular formula is C15H19NO3. The first-order valence-corrected chi connectivity index (χ1v) is 6.56. The maximum atomic E-state index is 12.0. The molecule has 1 fully saturated rings. The number of hydrogen-bond acceptors (Lipinski definition) is 4. The van der Waals surface area contributed by atoms with Crippen molar-refractivity contribution in [3.8, 4) is 0 Å². The highest BCUT2D eigenvalue weighted by atomic mass is 16.5. The molecule has 1 aromatic rings. The summed E-state index contributed by atoms with van der Waals surface area (Å²) in [6, 6.07) is 9.41. The number of ketones is 1. The van der Waals surface area contributed by atoms with Crippen LogP contribution >= 0.6 is 0 Å². The highest BCUT2D eigenvalue weighted by molar-refractivity contribution is 5.91. The Morgan fingerprint density at radius 2 is 2.05 bits per heavy atom. The zero-order valence-electron chi connectivity index (χ0n) is 11.3. The lowest BCUT2D eigenvalue weighted by molar-refractivity contribution is -0.153. The number of esters is 1. The van der Waals surface area contributed by atoms with Crippen molar-refractivity contribution >= 4 is 11.8 Å². The van der Waals surface area contributed by atoms with Crippen LogP contribution in [0.1, 0.15) is 25.8 Å². The number of likely N-dealkylation sites (tertiary alicyclic amines) is 1. The maximum absolute atomic E-state index is 12.0. The van der Waals surface area contributed by atoms with E-state index in [0.717, 1.165) is 5.56 Å². The number of Topliss-reactive ketones (excluding diaryl/α,β-unsaturated/α-hetero) is 1. The zero-order chi connectivity index (χ0) is 13.8. The van der Waals surface area contributed by atoms with E-state index < -0.39 is 6.04 Å². The molecule has 2 rings (SSSR count). The van der Waals surface area contributed by atoms with Crippen molar-refractivity contribution < 1.29 is 14.3 Å². The summed E-state index contributed by atoms with van der Waals surface area (Å²) in [6.07, 6.45) is 0.111. The molecule has 1 aliphatic rings. The van der Waals surface area contributed by atoms with Crippen LogP contribution in [0.25, 0.3) is 0 Å². The fourth-order valence-corrected chi connectivity index (χ4v) is 2.27. The van der Waals surface area contributed by atoms with Gasteiger partial charge in [-0.15, -0.1) is 0 Å². The van der Waals surface area contributed by atoms with Crippen LogP contribution in [0.4, 0.5) is 0 Å². The molecule has 0 amide bonds. The molecule has 0 spiro atoms. The molecule has 1 heterocycles. The second-order valence-electron chi connectivity index (χ2n) is 5.13. The van der Waals surface area contributed by atoms with Gasteiger partial charge in [0.2, 0.25) is 0 Å². The van der Waals surface area contributed by atoms with Crippen molar-refractivity contribution in [2.45, 2.75) is 39.0 Å². The van der Waals surface area contributed by atoms with Crippen molar-refractivity contribution in [1.29, 1.82) is 0 Å². The van der Waals surface area contributed by atoms with E-state index in [9.17, 15) is 9.59 Å². The van der Waals surface area contributed by atoms with Crippen LogP contribution in [0.5, 0.6) is 0 Å². The summed E-state index contributed by atoms with van der Waals surface area (Å²) in [5.74, 6) is -0.196. The molecule has 0 saturated carbocycles. The van der Waals surface area contributed by atoms with E-state index in [1.807, 2.05) is 49.1 Å². The fraction of sp³-hybridized carbons (Fsp3) is 0.467. The van der Waals surface area contributed by atoms with Crippen LogP contribution in [0.3, 0.4) is 0 Å². The summed E-state index contributed by atoms with van der Waals surface area (Å²) in [5.41, 5.74) is 1.10. The average molecular weight is 261 g/mol. The Kier molecular flexibility index (Phi) is 4.32. The fourth-order valence-electron chi connectivity index (χ4n) is 2.27. The van der Waals surface area contributed by atoms with Crippen molar-refractivity contribution in [3.63, 3.8) is 0 Å². The molecule has 1 saturated heterocycles. The van der Waals surface area contributed by atoms with E-state index >= 15 is 0 Å². The Bertz CT molecular complexity index is 456. The van der Waals surface area contributed by atoms with Crippen molar-refractivity contribution in [1.82, 2.24) is 4.90 Å². The molecular weight excluding hydrogens is 242 g/mol. The Balaban J connectivity index is 2.05. The number of carbonyl (C=O) groups is 2. The second kappa shape index (κ2) is 5.97. The standard InChI is InChI=1S/C15H19NO3/c1-11(2)19-15(18)14-8-13(17)10-16(14)9-12-6-4-3-5-7-12/h3-7,11,14H,8-10H2,1-2H3/t14-/m0/s1. The largest absolute Gasteiger partial charge is 0.462 e. The van der Waals surface area contributed by atoms with Crippen molar-refractivity contribution in [2.24, 2.45) is 0 Å². The van der Waals surface area contributed by atoms with Gasteiger partial charge in [0.1, 0.15) is 11.8 Å². The lowest BCUT2D eigenvalue weighted by Crippen LogP contribution is -2.37. The number of benzene rings is 1. The monoisotopic (exact) mass is 261 g/mol. The predicted molar refractivity (Wildman–Crippen MR) is 71.5 cm³/mol. The molecule has 1 aromatic carbocycles. The Hall–Kier alpha value is -1.68. The van der Waals surface area contributed by atoms with E-state index in [1.54, 1.807) is 0 Å². The smallest absolute Gasteiger partial charge is 0.324 e. The number of rotatable bonds is 4. The van der Waals surface area contributed by atoms with Gasteiger partial charge in [0, 0.05) is 13.0 Å². The molecule has 0 aromatic heterocycles. The minimum atomic E-state index is -0.435. The Morgan fingerprint density at radius 3 is 2.68 bits per heavy atom. The van der Waals surface area contributed by atoms with E-state index in [1.165, 1.54) is 0 Å². The van der Waals surface area contributed by atoms with Gasteiger partial charge in [0.25, 0.3) is 0 Å². The van der Waals surface area contributed by atoms with Crippen LogP contribution in [0.2, 0.25) is 0 Å². The number of nitrogens with zero attached hydrogens (tertiary/aromatic N) is 1. The number of hydrogen-bond donors (Lipinski definition) is 0. The molecule has 0 radical (unpaired) electrons. The molecule has 0 aliphatic carbocycles. The highest BCUT2D eigenvalue weighted by Gasteiger charge is 2.36. The molecule has 4 heteroatoms. The minimum absolute atomic E-state index is 0.0987. The third-order valence-electron chi connectivity index (χ3n) is 3.09. The first-order valence-electron chi connectivity index (χ1n) is 6.56. The number of carbonyl (C=O) groups excluding carboxylic acids is 2. The van der Waals surface area contributed by atoms with Gasteiger partial charge >= 0.3 is 5.97 Å². The number of ether oxygens (including phenoxy) is 1. The van der Waals surface area contributed by atoms with Gasteiger partial charge in [-0.3, -0.25) is 14.5 Å². The van der Waals surface area contributed by atoms with Gasteiger partial charge < -0.3 is 4.74 Å². The van der Waals surface area contributed by atoms with Crippen LogP contribution in [-0.2, 0) is 20.9 Å². The lowest BCUT2D eigenvalue weighted by Gasteiger charge is -2.23. The molecule has 102 valence electrons. The van der Waals surface area contributed by atoms with E-state index in [0.29, 0.717) is 13.1 Å². The van der Waals surface area contributed by atoms with Gasteiger partial charge in [-0.25, -0.2) is 0 Å². The van der Waals surface area contributed by atoms with Gasteiger partial charge in [0.15, 0.2) is 0 Å². The van der Waals surface area contributed by atoms with Gasteiger partial charge in [-0.2, -0.15) is 0 Å². The molecule has 19 heavy (non-hydrogen) atoms. The topological polar surface area (TPSA) is 46.6 Å². The van der Waals surface area contributed by atoms with E-state index in [4.69, 9.17) is 4.74 Å². The quantitative estimate of drug-likeness (QED) is 0.775. The zero-order valence-corrected chi connectivity index (χ0v) is 11.3. The highest BCUT2D eigenvalue weighted by Crippen LogP contribution is 2.19. The summed E-state index contributed by atoms with van der Waals surface area (Å²) in [6.45, 7) is 4.56. The third-order valence-corrected chi connectivity index (χ3v) is 3.09. The van der Waals surface area contributed by atoms with Gasteiger partial charge in [-0.05, 0) is 19.4 Å². The first-order chi connectivity index (χ1) is 9.06. The first kappa shape index (κ1) is 13.7. The van der Waals surface area contributed by atoms with Crippen LogP contribution in [0.15, 0.2) is 30.3 Å². The lowest BCUT2D eigenvalue weighted by atomic mass is 10.2. The Labute approximate surface area is 113 Å². The molecule has 0 bridgehead atoms. The average Bonchev–Trinajstić information content (AvgIpc) is 2.71. The second-order valence-corrected chi connectivity index (χ2v) is 5.13. The normalized spacial score (nSPS) is 19.9. The summed E-state index contributed by atoms with van der Waals surface area (Å²) in [5, 5.41) is 0. The van der Waals surface area contributed by atoms with Crippen LogP contribution < -0.4 is 0 Å². The predicted octanol–water partition coefficient (Wildman–Crippen LogP) is 1.78. The molecule has 1 aliphatic heterocycles. The van der Waals surface area contributed by atoms with Crippen molar-refractivity contribution in [2.75, 3.05) is 6.54 Å². The summed E-state index contributed by atoms with van der Waals surface area (Å²) >= 11 is 0. The van der Waals surface area contributed by atoms with Crippen molar-refractivity contribution in [3.05, 3.63) is 35.9 Å². The molecule has 1 atom stereocenters. The summed E-state index contributed by atoms with van der Waals surface area (Å²) in [7, 11) is 0. The summed E-state index contributed by atoms with van der Waals surface area (Å²) in [4.78, 5) is 25.5. The molecule has 0 N–H and O–H groups in total. The molecule has 0 unspecified atom stereocenters. The molecule has 4 nitrogen and oxygen atoms in total. The van der Waals surface area contributed by atoms with E-state index in [-0.39, 0.29) is 24.3 Å². The third kappa shape index (κ3) is 3.64. The Morgan fingerprint density at radius 1 is 1.37 bits per heavy atom. The van der Waals surface area contributed by atoms with Crippen LogP contribution in [-0.4, -0.2) is 35.3 Å². The van der Waals surface area contributed by atoms with Gasteiger partial charge in [-0.1, -0.05) is 30.3 Å². The summed E-state index contributed by atoms with van der Waals surface area (Å²) < 4.78 is 5.22. The van der Waals surface area contributed by atoms with Gasteiger partial charge in [0.05, 0.1) is 12.6 Å². The SMILES string of the molecule is CC(C)OC(=O)[C@@H]1CC(=O)CN1Cc1ccccc1. The minimum Gasteiger partial charge on any atom is -0.462 e. The maximum Gasteiger partial charge on any atom is 0.324 e. The van der Waals surface area contributed by atoms with Crippen LogP contribution in [0, 0.1) is 0 Å².